The lowest BCUT2D eigenvalue weighted by Gasteiger charge is -2.22. The van der Waals surface area contributed by atoms with Gasteiger partial charge in [0.25, 0.3) is 0 Å². The lowest BCUT2D eigenvalue weighted by Crippen LogP contribution is -2.15. The van der Waals surface area contributed by atoms with Crippen LogP contribution in [0, 0.1) is 0 Å². The van der Waals surface area contributed by atoms with E-state index in [2.05, 4.69) is 134 Å². The van der Waals surface area contributed by atoms with Gasteiger partial charge in [0, 0.05) is 39.4 Å². The van der Waals surface area contributed by atoms with Crippen molar-refractivity contribution in [2.75, 3.05) is 0 Å². The van der Waals surface area contributed by atoms with Gasteiger partial charge in [-0.25, -0.2) is 19.9 Å². The number of nitrogens with zero attached hydrogens (tertiary/aromatic N) is 5. The molecule has 0 saturated heterocycles. The van der Waals surface area contributed by atoms with Crippen LogP contribution in [0.3, 0.4) is 0 Å². The van der Waals surface area contributed by atoms with Crippen molar-refractivity contribution in [2.45, 2.75) is 19.3 Å². The summed E-state index contributed by atoms with van der Waals surface area (Å²) in [5.74, 6) is 1.94. The van der Waals surface area contributed by atoms with E-state index < -0.39 is 0 Å². The molecule has 256 valence electrons. The number of pyridine rings is 1. The zero-order valence-corrected chi connectivity index (χ0v) is 30.0. The monoisotopic (exact) mass is 693 g/mol. The first kappa shape index (κ1) is 31.7. The maximum atomic E-state index is 5.22. The zero-order chi connectivity index (χ0) is 36.2. The standard InChI is InChI=1S/C49H35N5/c1-49(2)41-21-10-9-20-39(41)40-28-27-38(31-42(40)49)45-44(50-43-22-11-12-29-54(43)45)37-19-13-18-36(30-37)32-23-25-35(26-24-32)48-52-46(33-14-5-3-6-15-33)51-47(53-48)34-16-7-4-8-17-34/h3-31H,1-2H3. The van der Waals surface area contributed by atoms with Crippen LogP contribution in [0.2, 0.25) is 0 Å². The predicted molar refractivity (Wildman–Crippen MR) is 219 cm³/mol. The van der Waals surface area contributed by atoms with Crippen molar-refractivity contribution < 1.29 is 0 Å². The highest BCUT2D eigenvalue weighted by Gasteiger charge is 2.35. The minimum Gasteiger partial charge on any atom is -0.299 e. The predicted octanol–water partition coefficient (Wildman–Crippen LogP) is 11.8. The lowest BCUT2D eigenvalue weighted by molar-refractivity contribution is 0.660. The summed E-state index contributed by atoms with van der Waals surface area (Å²) in [5, 5.41) is 0. The Kier molecular flexibility index (Phi) is 7.41. The summed E-state index contributed by atoms with van der Waals surface area (Å²) in [6.07, 6.45) is 2.12. The normalized spacial score (nSPS) is 12.8. The maximum absolute atomic E-state index is 5.22. The van der Waals surface area contributed by atoms with E-state index in [0.717, 1.165) is 56.0 Å². The van der Waals surface area contributed by atoms with Crippen LogP contribution in [-0.2, 0) is 5.41 Å². The number of benzene rings is 6. The molecule has 3 heterocycles. The summed E-state index contributed by atoms with van der Waals surface area (Å²) in [6.45, 7) is 4.66. The van der Waals surface area contributed by atoms with Crippen molar-refractivity contribution in [3.05, 3.63) is 187 Å². The molecular weight excluding hydrogens is 659 g/mol. The second-order valence-corrected chi connectivity index (χ2v) is 14.4. The van der Waals surface area contributed by atoms with Gasteiger partial charge in [0.1, 0.15) is 5.65 Å². The molecule has 5 nitrogen and oxygen atoms in total. The highest BCUT2D eigenvalue weighted by molar-refractivity contribution is 5.88. The van der Waals surface area contributed by atoms with Crippen LogP contribution >= 0.6 is 0 Å². The van der Waals surface area contributed by atoms with Crippen LogP contribution < -0.4 is 0 Å². The Balaban J connectivity index is 1.03. The number of imidazole rings is 1. The van der Waals surface area contributed by atoms with Crippen LogP contribution in [0.25, 0.3) is 84.6 Å². The second kappa shape index (κ2) is 12.6. The molecule has 0 unspecified atom stereocenters. The largest absolute Gasteiger partial charge is 0.299 e. The van der Waals surface area contributed by atoms with E-state index in [-0.39, 0.29) is 5.41 Å². The summed E-state index contributed by atoms with van der Waals surface area (Å²) in [4.78, 5) is 19.9. The smallest absolute Gasteiger partial charge is 0.164 e. The third kappa shape index (κ3) is 5.32. The molecule has 9 aromatic rings. The van der Waals surface area contributed by atoms with Gasteiger partial charge in [-0.05, 0) is 57.6 Å². The molecule has 0 radical (unpaired) electrons. The van der Waals surface area contributed by atoms with E-state index in [0.29, 0.717) is 17.5 Å². The molecule has 10 rings (SSSR count). The van der Waals surface area contributed by atoms with Gasteiger partial charge in [-0.15, -0.1) is 0 Å². The Bertz CT molecular complexity index is 2780. The van der Waals surface area contributed by atoms with Crippen molar-refractivity contribution in [2.24, 2.45) is 0 Å². The van der Waals surface area contributed by atoms with Gasteiger partial charge < -0.3 is 0 Å². The van der Waals surface area contributed by atoms with E-state index in [9.17, 15) is 0 Å². The molecule has 3 aromatic heterocycles. The SMILES string of the molecule is CC1(C)c2ccccc2-c2ccc(-c3c(-c4cccc(-c5ccc(-c6nc(-c7ccccc7)nc(-c7ccccc7)n6)cc5)c4)nc4ccccn34)cc21. The molecule has 0 fully saturated rings. The Labute approximate surface area is 314 Å². The first-order chi connectivity index (χ1) is 26.5. The second-order valence-electron chi connectivity index (χ2n) is 14.4. The Hall–Kier alpha value is -6.98. The van der Waals surface area contributed by atoms with Gasteiger partial charge in [-0.1, -0.05) is 159 Å². The molecule has 0 bridgehead atoms. The Morgan fingerprint density at radius 2 is 0.926 bits per heavy atom. The molecule has 0 atom stereocenters. The van der Waals surface area contributed by atoms with Crippen molar-refractivity contribution >= 4 is 5.65 Å². The first-order valence-electron chi connectivity index (χ1n) is 18.3. The van der Waals surface area contributed by atoms with E-state index in [1.165, 1.54) is 22.3 Å². The van der Waals surface area contributed by atoms with Crippen LogP contribution in [0.5, 0.6) is 0 Å². The fraction of sp³-hybridized carbons (Fsp3) is 0.0612. The van der Waals surface area contributed by atoms with E-state index >= 15 is 0 Å². The minimum absolute atomic E-state index is 0.0950. The minimum atomic E-state index is -0.0950. The van der Waals surface area contributed by atoms with Gasteiger partial charge in [-0.3, -0.25) is 4.40 Å². The van der Waals surface area contributed by atoms with Gasteiger partial charge in [0.2, 0.25) is 0 Å². The fourth-order valence-electron chi connectivity index (χ4n) is 7.92. The molecule has 6 aromatic carbocycles. The average Bonchev–Trinajstić information content (AvgIpc) is 3.74. The molecule has 5 heteroatoms. The van der Waals surface area contributed by atoms with Crippen molar-refractivity contribution in [3.8, 4) is 78.9 Å². The van der Waals surface area contributed by atoms with Crippen LogP contribution in [0.15, 0.2) is 176 Å². The van der Waals surface area contributed by atoms with Crippen LogP contribution in [-0.4, -0.2) is 24.3 Å². The quantitative estimate of drug-likeness (QED) is 0.174. The van der Waals surface area contributed by atoms with Crippen LogP contribution in [0.1, 0.15) is 25.0 Å². The molecule has 0 amide bonds. The van der Waals surface area contributed by atoms with Crippen molar-refractivity contribution in [3.63, 3.8) is 0 Å². The molecule has 54 heavy (non-hydrogen) atoms. The van der Waals surface area contributed by atoms with Gasteiger partial charge >= 0.3 is 0 Å². The molecular formula is C49H35N5. The topological polar surface area (TPSA) is 56.0 Å². The number of hydrogen-bond donors (Lipinski definition) is 0. The summed E-state index contributed by atoms with van der Waals surface area (Å²) in [7, 11) is 0. The number of aromatic nitrogens is 5. The molecule has 0 N–H and O–H groups in total. The highest BCUT2D eigenvalue weighted by atomic mass is 15.0. The van der Waals surface area contributed by atoms with E-state index in [1.807, 2.05) is 60.7 Å². The Morgan fingerprint density at radius 1 is 0.389 bits per heavy atom. The molecule has 0 spiro atoms. The van der Waals surface area contributed by atoms with Crippen molar-refractivity contribution in [1.29, 1.82) is 0 Å². The van der Waals surface area contributed by atoms with E-state index in [1.54, 1.807) is 0 Å². The Morgan fingerprint density at radius 3 is 1.63 bits per heavy atom. The number of hydrogen-bond acceptors (Lipinski definition) is 4. The summed E-state index contributed by atoms with van der Waals surface area (Å²) >= 11 is 0. The fourth-order valence-corrected chi connectivity index (χ4v) is 7.92. The first-order valence-corrected chi connectivity index (χ1v) is 18.3. The molecule has 1 aliphatic rings. The van der Waals surface area contributed by atoms with Gasteiger partial charge in [0.15, 0.2) is 17.5 Å². The summed E-state index contributed by atoms with van der Waals surface area (Å²) in [5.41, 5.74) is 15.5. The highest BCUT2D eigenvalue weighted by Crippen LogP contribution is 2.50. The third-order valence-electron chi connectivity index (χ3n) is 10.7. The molecule has 1 aliphatic carbocycles. The van der Waals surface area contributed by atoms with Gasteiger partial charge in [0.05, 0.1) is 11.4 Å². The summed E-state index contributed by atoms with van der Waals surface area (Å²) < 4.78 is 2.22. The van der Waals surface area contributed by atoms with Crippen LogP contribution in [0.4, 0.5) is 0 Å². The summed E-state index contributed by atoms with van der Waals surface area (Å²) in [6, 6.07) is 59.3. The molecule has 0 aliphatic heterocycles. The number of fused-ring (bicyclic) bond motifs is 4. The lowest BCUT2D eigenvalue weighted by atomic mass is 9.82. The molecule has 0 saturated carbocycles. The number of rotatable bonds is 6. The zero-order valence-electron chi connectivity index (χ0n) is 30.0. The maximum Gasteiger partial charge on any atom is 0.164 e. The van der Waals surface area contributed by atoms with Gasteiger partial charge in [-0.2, -0.15) is 0 Å². The average molecular weight is 694 g/mol. The third-order valence-corrected chi connectivity index (χ3v) is 10.7. The van der Waals surface area contributed by atoms with E-state index in [4.69, 9.17) is 19.9 Å². The van der Waals surface area contributed by atoms with Crippen molar-refractivity contribution in [1.82, 2.24) is 24.3 Å².